The van der Waals surface area contributed by atoms with Crippen molar-refractivity contribution in [3.05, 3.63) is 65.4 Å². The molecule has 2 amide bonds. The van der Waals surface area contributed by atoms with Gasteiger partial charge in [-0.3, -0.25) is 14.7 Å². The molecule has 0 saturated carbocycles. The van der Waals surface area contributed by atoms with E-state index < -0.39 is 6.17 Å². The highest BCUT2D eigenvalue weighted by Gasteiger charge is 2.44. The molecule has 0 spiro atoms. The highest BCUT2D eigenvalue weighted by atomic mass is 35.5. The predicted octanol–water partition coefficient (Wildman–Crippen LogP) is 3.37. The summed E-state index contributed by atoms with van der Waals surface area (Å²) in [4.78, 5) is 23.7. The van der Waals surface area contributed by atoms with Gasteiger partial charge in [0.2, 0.25) is 0 Å². The van der Waals surface area contributed by atoms with Gasteiger partial charge in [0.25, 0.3) is 0 Å². The minimum Gasteiger partial charge on any atom is -0.287 e. The SMILES string of the molecule is [C-]#[N+][C@@H]1CN(c2cc(Cl)cnn2)C(=O)N1c1cncc2ccccc12. The molecule has 1 fully saturated rings. The Bertz CT molecular complexity index is 1010. The summed E-state index contributed by atoms with van der Waals surface area (Å²) < 4.78 is 0. The second-order valence-electron chi connectivity index (χ2n) is 5.48. The van der Waals surface area contributed by atoms with Crippen LogP contribution in [-0.4, -0.2) is 33.9 Å². The fraction of sp³-hybridized carbons (Fsp3) is 0.118. The van der Waals surface area contributed by atoms with Gasteiger partial charge in [-0.25, -0.2) is 16.3 Å². The van der Waals surface area contributed by atoms with Gasteiger partial charge in [-0.15, -0.1) is 5.10 Å². The summed E-state index contributed by atoms with van der Waals surface area (Å²) in [5.74, 6) is 0.321. The Kier molecular flexibility index (Phi) is 3.67. The fourth-order valence-electron chi connectivity index (χ4n) is 2.89. The number of anilines is 2. The quantitative estimate of drug-likeness (QED) is 0.665. The molecule has 1 aromatic carbocycles. The smallest absolute Gasteiger partial charge is 0.287 e. The summed E-state index contributed by atoms with van der Waals surface area (Å²) in [7, 11) is 0. The van der Waals surface area contributed by atoms with Crippen LogP contribution in [0.15, 0.2) is 48.9 Å². The van der Waals surface area contributed by atoms with Gasteiger partial charge in [-0.05, 0) is 0 Å². The van der Waals surface area contributed by atoms with Crippen LogP contribution in [0.5, 0.6) is 0 Å². The first-order chi connectivity index (χ1) is 12.2. The number of rotatable bonds is 2. The second kappa shape index (κ2) is 6.00. The lowest BCUT2D eigenvalue weighted by molar-refractivity contribution is 0.255. The summed E-state index contributed by atoms with van der Waals surface area (Å²) >= 11 is 5.95. The minimum absolute atomic E-state index is 0.181. The molecule has 1 aliphatic heterocycles. The van der Waals surface area contributed by atoms with Crippen LogP contribution >= 0.6 is 11.6 Å². The van der Waals surface area contributed by atoms with E-state index >= 15 is 0 Å². The van der Waals surface area contributed by atoms with E-state index in [4.69, 9.17) is 18.2 Å². The molecule has 1 saturated heterocycles. The number of pyridine rings is 1. The van der Waals surface area contributed by atoms with Gasteiger partial charge in [0.1, 0.15) is 6.54 Å². The molecule has 122 valence electrons. The van der Waals surface area contributed by atoms with Crippen LogP contribution in [0, 0.1) is 6.57 Å². The van der Waals surface area contributed by atoms with E-state index in [-0.39, 0.29) is 12.6 Å². The molecule has 25 heavy (non-hydrogen) atoms. The lowest BCUT2D eigenvalue weighted by Crippen LogP contribution is -2.34. The lowest BCUT2D eigenvalue weighted by Gasteiger charge is -2.18. The van der Waals surface area contributed by atoms with Crippen molar-refractivity contribution in [2.75, 3.05) is 16.3 Å². The number of aromatic nitrogens is 3. The maximum absolute atomic E-state index is 13.0. The van der Waals surface area contributed by atoms with Crippen molar-refractivity contribution >= 4 is 39.9 Å². The Balaban J connectivity index is 1.81. The van der Waals surface area contributed by atoms with Gasteiger partial charge < -0.3 is 0 Å². The number of halogens is 1. The summed E-state index contributed by atoms with van der Waals surface area (Å²) in [6.45, 7) is 7.68. The highest BCUT2D eigenvalue weighted by molar-refractivity contribution is 6.30. The van der Waals surface area contributed by atoms with Crippen molar-refractivity contribution in [2.45, 2.75) is 6.17 Å². The number of carbonyl (C=O) groups excluding carboxylic acids is 1. The third-order valence-corrected chi connectivity index (χ3v) is 4.23. The topological polar surface area (TPSA) is 66.6 Å². The van der Waals surface area contributed by atoms with Gasteiger partial charge >= 0.3 is 12.2 Å². The number of urea groups is 1. The summed E-state index contributed by atoms with van der Waals surface area (Å²) in [6, 6.07) is 8.81. The molecule has 0 aliphatic carbocycles. The van der Waals surface area contributed by atoms with Crippen molar-refractivity contribution in [3.63, 3.8) is 0 Å². The maximum atomic E-state index is 13.0. The monoisotopic (exact) mass is 350 g/mol. The summed E-state index contributed by atoms with van der Waals surface area (Å²) in [5.41, 5.74) is 0.599. The van der Waals surface area contributed by atoms with Crippen molar-refractivity contribution in [1.29, 1.82) is 0 Å². The van der Waals surface area contributed by atoms with Crippen molar-refractivity contribution in [3.8, 4) is 0 Å². The number of carbonyl (C=O) groups is 1. The zero-order valence-electron chi connectivity index (χ0n) is 12.9. The van der Waals surface area contributed by atoms with Gasteiger partial charge in [0.05, 0.1) is 23.1 Å². The van der Waals surface area contributed by atoms with Crippen LogP contribution in [0.3, 0.4) is 0 Å². The first-order valence-electron chi connectivity index (χ1n) is 7.47. The Labute approximate surface area is 148 Å². The van der Waals surface area contributed by atoms with Crippen molar-refractivity contribution in [1.82, 2.24) is 15.2 Å². The van der Waals surface area contributed by atoms with Crippen LogP contribution < -0.4 is 9.80 Å². The van der Waals surface area contributed by atoms with Gasteiger partial charge in [-0.1, -0.05) is 35.9 Å². The van der Waals surface area contributed by atoms with E-state index in [2.05, 4.69) is 20.0 Å². The molecule has 8 heteroatoms. The van der Waals surface area contributed by atoms with E-state index in [1.165, 1.54) is 16.0 Å². The molecular formula is C17H11ClN6O. The first-order valence-corrected chi connectivity index (χ1v) is 7.85. The number of hydrogen-bond donors (Lipinski definition) is 0. The molecule has 0 radical (unpaired) electrons. The molecule has 2 aromatic heterocycles. The fourth-order valence-corrected chi connectivity index (χ4v) is 3.03. The normalized spacial score (nSPS) is 17.1. The van der Waals surface area contributed by atoms with Gasteiger partial charge in [0.15, 0.2) is 5.82 Å². The number of amides is 2. The maximum Gasteiger partial charge on any atom is 0.336 e. The zero-order valence-corrected chi connectivity index (χ0v) is 13.6. The number of nitrogens with zero attached hydrogens (tertiary/aromatic N) is 6. The van der Waals surface area contributed by atoms with Gasteiger partial charge in [-0.2, -0.15) is 5.10 Å². The molecule has 0 unspecified atom stereocenters. The minimum atomic E-state index is -0.680. The average Bonchev–Trinajstić information content (AvgIpc) is 2.97. The van der Waals surface area contributed by atoms with Crippen LogP contribution in [0.25, 0.3) is 15.6 Å². The van der Waals surface area contributed by atoms with Crippen LogP contribution in [0.1, 0.15) is 0 Å². The van der Waals surface area contributed by atoms with E-state index in [0.29, 0.717) is 16.5 Å². The molecule has 7 nitrogen and oxygen atoms in total. The van der Waals surface area contributed by atoms with Crippen molar-refractivity contribution < 1.29 is 4.79 Å². The number of benzene rings is 1. The molecule has 0 N–H and O–H groups in total. The van der Waals surface area contributed by atoms with Crippen LogP contribution in [0.2, 0.25) is 5.02 Å². The van der Waals surface area contributed by atoms with Crippen molar-refractivity contribution in [2.24, 2.45) is 0 Å². The molecule has 4 rings (SSSR count). The summed E-state index contributed by atoms with van der Waals surface area (Å²) in [6.07, 6.45) is 4.04. The molecule has 1 atom stereocenters. The molecule has 3 aromatic rings. The largest absolute Gasteiger partial charge is 0.336 e. The Hall–Kier alpha value is -3.24. The van der Waals surface area contributed by atoms with Crippen LogP contribution in [0.4, 0.5) is 16.3 Å². The molecule has 0 bridgehead atoms. The zero-order chi connectivity index (χ0) is 17.4. The number of hydrogen-bond acceptors (Lipinski definition) is 4. The summed E-state index contributed by atoms with van der Waals surface area (Å²) in [5, 5.41) is 9.87. The first kappa shape index (κ1) is 15.3. The molecular weight excluding hydrogens is 340 g/mol. The Morgan fingerprint density at radius 1 is 1.24 bits per heavy atom. The Morgan fingerprint density at radius 2 is 2.08 bits per heavy atom. The second-order valence-corrected chi connectivity index (χ2v) is 5.92. The van der Waals surface area contributed by atoms with E-state index in [0.717, 1.165) is 10.8 Å². The van der Waals surface area contributed by atoms with E-state index in [1.54, 1.807) is 18.5 Å². The third-order valence-electron chi connectivity index (χ3n) is 4.02. The molecule has 1 aliphatic rings. The van der Waals surface area contributed by atoms with E-state index in [1.807, 2.05) is 24.3 Å². The standard InChI is InChI=1S/C17H11ClN6O/c1-19-16-10-23(15-6-12(18)8-21-22-15)17(25)24(16)14-9-20-7-11-4-2-3-5-13(11)14/h2-9,16H,10H2/t16-/m0/s1. The van der Waals surface area contributed by atoms with Gasteiger partial charge in [0, 0.05) is 23.0 Å². The average molecular weight is 351 g/mol. The Morgan fingerprint density at radius 3 is 2.88 bits per heavy atom. The molecule has 3 heterocycles. The third kappa shape index (κ3) is 2.53. The lowest BCUT2D eigenvalue weighted by atomic mass is 10.1. The van der Waals surface area contributed by atoms with E-state index in [9.17, 15) is 4.79 Å². The highest BCUT2D eigenvalue weighted by Crippen LogP contribution is 2.33. The van der Waals surface area contributed by atoms with Crippen LogP contribution in [-0.2, 0) is 0 Å². The predicted molar refractivity (Wildman–Crippen MR) is 94.4 cm³/mol. The number of fused-ring (bicyclic) bond motifs is 1.